The van der Waals surface area contributed by atoms with Crippen LogP contribution in [0, 0.1) is 0 Å². The van der Waals surface area contributed by atoms with E-state index in [4.69, 9.17) is 4.74 Å². The van der Waals surface area contributed by atoms with Crippen molar-refractivity contribution in [1.82, 2.24) is 0 Å². The zero-order valence-corrected chi connectivity index (χ0v) is 18.0. The normalized spacial score (nSPS) is 11.0. The molecule has 156 valence electrons. The molecule has 0 bridgehead atoms. The van der Waals surface area contributed by atoms with Gasteiger partial charge in [0.25, 0.3) is 0 Å². The summed E-state index contributed by atoms with van der Waals surface area (Å²) in [7, 11) is 1.85. The number of hydrogen-bond donors (Lipinski definition) is 2. The van der Waals surface area contributed by atoms with Gasteiger partial charge in [-0.3, -0.25) is 4.79 Å². The highest BCUT2D eigenvalue weighted by atomic mass is 16.5. The van der Waals surface area contributed by atoms with Gasteiger partial charge in [0.2, 0.25) is 0 Å². The summed E-state index contributed by atoms with van der Waals surface area (Å²) in [5.41, 5.74) is 4.20. The van der Waals surface area contributed by atoms with Crippen molar-refractivity contribution in [3.8, 4) is 11.5 Å². The Kier molecular flexibility index (Phi) is 8.78. The van der Waals surface area contributed by atoms with Crippen LogP contribution in [0.25, 0.3) is 6.08 Å². The number of aryl methyl sites for hydroxylation is 1. The highest BCUT2D eigenvalue weighted by Crippen LogP contribution is 2.37. The van der Waals surface area contributed by atoms with Gasteiger partial charge in [-0.05, 0) is 67.3 Å². The smallest absolute Gasteiger partial charge is 0.185 e. The van der Waals surface area contributed by atoms with Crippen LogP contribution >= 0.6 is 0 Å². The molecule has 2 aromatic rings. The molecular formula is C25H33NO3. The van der Waals surface area contributed by atoms with E-state index in [1.807, 2.05) is 43.5 Å². The first-order chi connectivity index (χ1) is 14.0. The minimum atomic E-state index is -0.0590. The van der Waals surface area contributed by atoms with E-state index in [0.29, 0.717) is 23.7 Å². The first-order valence-electron chi connectivity index (χ1n) is 10.6. The summed E-state index contributed by atoms with van der Waals surface area (Å²) >= 11 is 0. The molecule has 0 spiro atoms. The average Bonchev–Trinajstić information content (AvgIpc) is 2.74. The van der Waals surface area contributed by atoms with Gasteiger partial charge in [-0.25, -0.2) is 0 Å². The summed E-state index contributed by atoms with van der Waals surface area (Å²) < 4.78 is 6.02. The maximum atomic E-state index is 12.6. The van der Waals surface area contributed by atoms with Gasteiger partial charge >= 0.3 is 0 Å². The number of aromatic hydroxyl groups is 1. The SMILES string of the molecule is CCCOc1c(/C=C/C(=O)c2ccc(NC)cc2)cc(CCC)c(O)c1CCC. The molecule has 2 rings (SSSR count). The van der Waals surface area contributed by atoms with Crippen LogP contribution in [0.5, 0.6) is 11.5 Å². The number of phenols is 1. The highest BCUT2D eigenvalue weighted by Gasteiger charge is 2.17. The number of anilines is 1. The second-order valence-corrected chi connectivity index (χ2v) is 7.15. The molecule has 2 N–H and O–H groups in total. The van der Waals surface area contributed by atoms with Gasteiger partial charge in [0.1, 0.15) is 11.5 Å². The number of phenolic OH excluding ortho intramolecular Hbond substituents is 1. The van der Waals surface area contributed by atoms with E-state index in [0.717, 1.165) is 54.5 Å². The van der Waals surface area contributed by atoms with Crippen molar-refractivity contribution in [2.45, 2.75) is 52.9 Å². The molecule has 0 unspecified atom stereocenters. The fourth-order valence-electron chi connectivity index (χ4n) is 3.30. The molecule has 0 heterocycles. The standard InChI is InChI=1S/C25H33NO3/c1-5-8-19-17-20(25(29-16-7-3)22(9-6-2)24(19)28)12-15-23(27)18-10-13-21(26-4)14-11-18/h10-15,17,26,28H,5-9,16H2,1-4H3/b15-12+. The summed E-state index contributed by atoms with van der Waals surface area (Å²) in [6.45, 7) is 6.81. The summed E-state index contributed by atoms with van der Waals surface area (Å²) in [6.07, 6.45) is 7.66. The summed E-state index contributed by atoms with van der Waals surface area (Å²) in [5.74, 6) is 0.975. The second-order valence-electron chi connectivity index (χ2n) is 7.15. The minimum Gasteiger partial charge on any atom is -0.507 e. The predicted octanol–water partition coefficient (Wildman–Crippen LogP) is 6.02. The first-order valence-corrected chi connectivity index (χ1v) is 10.6. The lowest BCUT2D eigenvalue weighted by Crippen LogP contribution is -2.04. The molecule has 0 aliphatic carbocycles. The summed E-state index contributed by atoms with van der Waals surface area (Å²) in [6, 6.07) is 9.35. The van der Waals surface area contributed by atoms with Crippen LogP contribution in [-0.2, 0) is 12.8 Å². The van der Waals surface area contributed by atoms with Gasteiger partial charge in [0.05, 0.1) is 6.61 Å². The van der Waals surface area contributed by atoms with E-state index in [-0.39, 0.29) is 5.78 Å². The molecule has 0 aromatic heterocycles. The number of ether oxygens (including phenoxy) is 1. The summed E-state index contributed by atoms with van der Waals surface area (Å²) in [5, 5.41) is 13.8. The molecule has 29 heavy (non-hydrogen) atoms. The van der Waals surface area contributed by atoms with Crippen molar-refractivity contribution in [3.05, 3.63) is 58.7 Å². The highest BCUT2D eigenvalue weighted by molar-refractivity contribution is 6.07. The van der Waals surface area contributed by atoms with Gasteiger partial charge in [0, 0.05) is 29.4 Å². The molecule has 0 amide bonds. The van der Waals surface area contributed by atoms with Gasteiger partial charge in [-0.15, -0.1) is 0 Å². The predicted molar refractivity (Wildman–Crippen MR) is 121 cm³/mol. The number of hydrogen-bond acceptors (Lipinski definition) is 4. The fourth-order valence-corrected chi connectivity index (χ4v) is 3.30. The van der Waals surface area contributed by atoms with Crippen molar-refractivity contribution in [3.63, 3.8) is 0 Å². The Morgan fingerprint density at radius 3 is 2.34 bits per heavy atom. The molecule has 0 radical (unpaired) electrons. The Morgan fingerprint density at radius 1 is 1.07 bits per heavy atom. The number of allylic oxidation sites excluding steroid dienone is 1. The molecule has 0 fully saturated rings. The van der Waals surface area contributed by atoms with E-state index in [9.17, 15) is 9.90 Å². The zero-order chi connectivity index (χ0) is 21.2. The molecule has 0 saturated heterocycles. The van der Waals surface area contributed by atoms with E-state index in [1.165, 1.54) is 0 Å². The second kappa shape index (κ2) is 11.3. The fraction of sp³-hybridized carbons (Fsp3) is 0.400. The largest absolute Gasteiger partial charge is 0.507 e. The number of rotatable bonds is 11. The molecule has 0 aliphatic rings. The van der Waals surface area contributed by atoms with Crippen molar-refractivity contribution in [2.75, 3.05) is 19.0 Å². The maximum Gasteiger partial charge on any atom is 0.185 e. The van der Waals surface area contributed by atoms with Crippen LogP contribution in [0.4, 0.5) is 5.69 Å². The minimum absolute atomic E-state index is 0.0590. The third-order valence-electron chi connectivity index (χ3n) is 4.80. The van der Waals surface area contributed by atoms with Gasteiger partial charge in [0.15, 0.2) is 5.78 Å². The van der Waals surface area contributed by atoms with E-state index >= 15 is 0 Å². The van der Waals surface area contributed by atoms with E-state index in [2.05, 4.69) is 26.1 Å². The number of ketones is 1. The third kappa shape index (κ3) is 5.86. The Bertz CT molecular complexity index is 838. The lowest BCUT2D eigenvalue weighted by Gasteiger charge is -2.18. The van der Waals surface area contributed by atoms with Crippen molar-refractivity contribution < 1.29 is 14.6 Å². The Balaban J connectivity index is 2.43. The Labute approximate surface area is 174 Å². The third-order valence-corrected chi connectivity index (χ3v) is 4.80. The monoisotopic (exact) mass is 395 g/mol. The molecule has 0 atom stereocenters. The quantitative estimate of drug-likeness (QED) is 0.361. The van der Waals surface area contributed by atoms with Crippen LogP contribution in [0.15, 0.2) is 36.4 Å². The number of benzene rings is 2. The van der Waals surface area contributed by atoms with Crippen molar-refractivity contribution >= 4 is 17.5 Å². The number of carbonyl (C=O) groups is 1. The van der Waals surface area contributed by atoms with Gasteiger partial charge in [-0.2, -0.15) is 0 Å². The number of nitrogens with one attached hydrogen (secondary N) is 1. The van der Waals surface area contributed by atoms with Crippen molar-refractivity contribution in [1.29, 1.82) is 0 Å². The summed E-state index contributed by atoms with van der Waals surface area (Å²) in [4.78, 5) is 12.6. The zero-order valence-electron chi connectivity index (χ0n) is 18.0. The Morgan fingerprint density at radius 2 is 1.76 bits per heavy atom. The van der Waals surface area contributed by atoms with Crippen LogP contribution in [-0.4, -0.2) is 24.5 Å². The lowest BCUT2D eigenvalue weighted by atomic mass is 9.96. The maximum absolute atomic E-state index is 12.6. The van der Waals surface area contributed by atoms with Crippen molar-refractivity contribution in [2.24, 2.45) is 0 Å². The average molecular weight is 396 g/mol. The topological polar surface area (TPSA) is 58.6 Å². The van der Waals surface area contributed by atoms with Crippen LogP contribution in [0.1, 0.15) is 67.1 Å². The Hall–Kier alpha value is -2.75. The molecular weight excluding hydrogens is 362 g/mol. The lowest BCUT2D eigenvalue weighted by molar-refractivity contribution is 0.104. The van der Waals surface area contributed by atoms with Gasteiger partial charge in [-0.1, -0.05) is 33.6 Å². The van der Waals surface area contributed by atoms with E-state index < -0.39 is 0 Å². The molecule has 4 heteroatoms. The molecule has 0 aliphatic heterocycles. The number of carbonyl (C=O) groups excluding carboxylic acids is 1. The van der Waals surface area contributed by atoms with E-state index in [1.54, 1.807) is 6.08 Å². The first kappa shape index (κ1) is 22.5. The van der Waals surface area contributed by atoms with Crippen LogP contribution in [0.2, 0.25) is 0 Å². The molecule has 4 nitrogen and oxygen atoms in total. The van der Waals surface area contributed by atoms with Crippen LogP contribution in [0.3, 0.4) is 0 Å². The van der Waals surface area contributed by atoms with Crippen LogP contribution < -0.4 is 10.1 Å². The van der Waals surface area contributed by atoms with Gasteiger partial charge < -0.3 is 15.2 Å². The molecule has 2 aromatic carbocycles. The molecule has 0 saturated carbocycles.